The van der Waals surface area contributed by atoms with E-state index in [2.05, 4.69) is 5.10 Å². The summed E-state index contributed by atoms with van der Waals surface area (Å²) in [6.45, 7) is 2.13. The first kappa shape index (κ1) is 12.8. The number of aryl methyl sites for hydroxylation is 1. The highest BCUT2D eigenvalue weighted by Gasteiger charge is 2.46. The minimum atomic E-state index is -5.37. The first-order chi connectivity index (χ1) is 7.28. The molecule has 0 atom stereocenters. The molecule has 9 heteroatoms. The minimum absolute atomic E-state index is 0.195. The topological polar surface area (TPSA) is 64.0 Å². The van der Waals surface area contributed by atoms with Crippen molar-refractivity contribution in [2.75, 3.05) is 4.72 Å². The van der Waals surface area contributed by atoms with Gasteiger partial charge in [-0.3, -0.25) is 4.72 Å². The van der Waals surface area contributed by atoms with Gasteiger partial charge in [0.25, 0.3) is 0 Å². The van der Waals surface area contributed by atoms with Crippen LogP contribution in [0.5, 0.6) is 0 Å². The molecular weight excluding hydrogens is 247 g/mol. The average Bonchev–Trinajstić information content (AvgIpc) is 2.51. The third-order valence-corrected chi connectivity index (χ3v) is 2.78. The molecule has 0 fully saturated rings. The Morgan fingerprint density at radius 2 is 2.12 bits per heavy atom. The van der Waals surface area contributed by atoms with E-state index in [0.717, 1.165) is 4.68 Å². The molecule has 92 valence electrons. The molecule has 0 saturated heterocycles. The standard InChI is InChI=1S/C7H10F3N3O2S/c1-2-5-13-6(3-4-11-13)12-16(14,15)7(8,9)10/h3-4,12H,2,5H2,1H3. The van der Waals surface area contributed by atoms with Crippen LogP contribution in [0.2, 0.25) is 0 Å². The zero-order valence-corrected chi connectivity index (χ0v) is 9.14. The Bertz CT molecular complexity index is 452. The fourth-order valence-corrected chi connectivity index (χ4v) is 1.57. The van der Waals surface area contributed by atoms with E-state index in [1.165, 1.54) is 17.0 Å². The molecule has 0 spiro atoms. The normalized spacial score (nSPS) is 12.8. The molecular formula is C7H10F3N3O2S. The van der Waals surface area contributed by atoms with Crippen molar-refractivity contribution in [2.45, 2.75) is 25.4 Å². The van der Waals surface area contributed by atoms with E-state index in [9.17, 15) is 21.6 Å². The predicted molar refractivity (Wildman–Crippen MR) is 51.1 cm³/mol. The fourth-order valence-electron chi connectivity index (χ4n) is 1.00. The van der Waals surface area contributed by atoms with Gasteiger partial charge in [-0.25, -0.2) is 4.68 Å². The molecule has 1 heterocycles. The van der Waals surface area contributed by atoms with E-state index >= 15 is 0 Å². The van der Waals surface area contributed by atoms with Crippen LogP contribution in [0.15, 0.2) is 12.3 Å². The van der Waals surface area contributed by atoms with E-state index < -0.39 is 15.5 Å². The lowest BCUT2D eigenvalue weighted by Gasteiger charge is -2.11. The summed E-state index contributed by atoms with van der Waals surface area (Å²) >= 11 is 0. The summed E-state index contributed by atoms with van der Waals surface area (Å²) in [5, 5.41) is 3.69. The zero-order chi connectivity index (χ0) is 12.4. The molecule has 0 radical (unpaired) electrons. The number of hydrogen-bond acceptors (Lipinski definition) is 3. The smallest absolute Gasteiger partial charge is 0.260 e. The molecule has 0 saturated carbocycles. The molecule has 1 rings (SSSR count). The van der Waals surface area contributed by atoms with Crippen LogP contribution in [0.1, 0.15) is 13.3 Å². The van der Waals surface area contributed by atoms with E-state index in [1.807, 2.05) is 0 Å². The number of hydrogen-bond donors (Lipinski definition) is 1. The van der Waals surface area contributed by atoms with Crippen LogP contribution < -0.4 is 4.72 Å². The molecule has 16 heavy (non-hydrogen) atoms. The Morgan fingerprint density at radius 3 is 2.62 bits per heavy atom. The van der Waals surface area contributed by atoms with Gasteiger partial charge in [-0.2, -0.15) is 26.7 Å². The molecule has 1 N–H and O–H groups in total. The lowest BCUT2D eigenvalue weighted by Crippen LogP contribution is -2.30. The van der Waals surface area contributed by atoms with E-state index in [4.69, 9.17) is 0 Å². The van der Waals surface area contributed by atoms with Gasteiger partial charge in [-0.15, -0.1) is 0 Å². The van der Waals surface area contributed by atoms with E-state index in [-0.39, 0.29) is 5.82 Å². The van der Waals surface area contributed by atoms with Crippen molar-refractivity contribution in [3.8, 4) is 0 Å². The highest BCUT2D eigenvalue weighted by molar-refractivity contribution is 7.93. The third kappa shape index (κ3) is 2.65. The SMILES string of the molecule is CCCn1nccc1NS(=O)(=O)C(F)(F)F. The highest BCUT2D eigenvalue weighted by Crippen LogP contribution is 2.25. The van der Waals surface area contributed by atoms with Crippen LogP contribution in [-0.4, -0.2) is 23.7 Å². The van der Waals surface area contributed by atoms with Crippen molar-refractivity contribution in [2.24, 2.45) is 0 Å². The summed E-state index contributed by atoms with van der Waals surface area (Å²) in [5.74, 6) is -0.195. The molecule has 1 aromatic heterocycles. The van der Waals surface area contributed by atoms with Crippen LogP contribution in [-0.2, 0) is 16.6 Å². The van der Waals surface area contributed by atoms with Gasteiger partial charge >= 0.3 is 15.5 Å². The molecule has 5 nitrogen and oxygen atoms in total. The van der Waals surface area contributed by atoms with Crippen LogP contribution in [0.25, 0.3) is 0 Å². The van der Waals surface area contributed by atoms with Crippen molar-refractivity contribution < 1.29 is 21.6 Å². The number of halogens is 3. The maximum atomic E-state index is 12.1. The second kappa shape index (κ2) is 4.32. The summed E-state index contributed by atoms with van der Waals surface area (Å²) < 4.78 is 60.4. The maximum Gasteiger partial charge on any atom is 0.516 e. The minimum Gasteiger partial charge on any atom is -0.260 e. The van der Waals surface area contributed by atoms with Gasteiger partial charge in [-0.1, -0.05) is 6.92 Å². The first-order valence-corrected chi connectivity index (χ1v) is 5.87. The van der Waals surface area contributed by atoms with E-state index in [0.29, 0.717) is 13.0 Å². The first-order valence-electron chi connectivity index (χ1n) is 4.39. The van der Waals surface area contributed by atoms with Crippen molar-refractivity contribution in [3.63, 3.8) is 0 Å². The molecule has 0 aliphatic heterocycles. The van der Waals surface area contributed by atoms with Gasteiger partial charge in [0, 0.05) is 12.6 Å². The number of anilines is 1. The summed E-state index contributed by atoms with van der Waals surface area (Å²) in [7, 11) is -5.37. The summed E-state index contributed by atoms with van der Waals surface area (Å²) in [6.07, 6.45) is 1.85. The number of nitrogens with zero attached hydrogens (tertiary/aromatic N) is 2. The molecule has 0 aliphatic rings. The van der Waals surface area contributed by atoms with Crippen LogP contribution >= 0.6 is 0 Å². The lowest BCUT2D eigenvalue weighted by atomic mass is 10.5. The van der Waals surface area contributed by atoms with Crippen LogP contribution in [0, 0.1) is 0 Å². The Hall–Kier alpha value is -1.25. The number of nitrogens with one attached hydrogen (secondary N) is 1. The van der Waals surface area contributed by atoms with Crippen molar-refractivity contribution in [1.82, 2.24) is 9.78 Å². The predicted octanol–water partition coefficient (Wildman–Crippen LogP) is 1.55. The largest absolute Gasteiger partial charge is 0.516 e. The average molecular weight is 257 g/mol. The molecule has 0 aliphatic carbocycles. The van der Waals surface area contributed by atoms with Crippen molar-refractivity contribution in [1.29, 1.82) is 0 Å². The Kier molecular flexibility index (Phi) is 3.46. The van der Waals surface area contributed by atoms with E-state index in [1.54, 1.807) is 6.92 Å². The van der Waals surface area contributed by atoms with Crippen LogP contribution in [0.4, 0.5) is 19.0 Å². The lowest BCUT2D eigenvalue weighted by molar-refractivity contribution is -0.0429. The number of sulfonamides is 1. The molecule has 0 bridgehead atoms. The Balaban J connectivity index is 2.93. The number of aromatic nitrogens is 2. The second-order valence-electron chi connectivity index (χ2n) is 2.99. The quantitative estimate of drug-likeness (QED) is 0.890. The van der Waals surface area contributed by atoms with Gasteiger partial charge in [-0.05, 0) is 6.42 Å². The number of rotatable bonds is 4. The van der Waals surface area contributed by atoms with Gasteiger partial charge in [0.2, 0.25) is 0 Å². The van der Waals surface area contributed by atoms with Crippen molar-refractivity contribution in [3.05, 3.63) is 12.3 Å². The fraction of sp³-hybridized carbons (Fsp3) is 0.571. The van der Waals surface area contributed by atoms with Gasteiger partial charge in [0.05, 0.1) is 6.20 Å². The monoisotopic (exact) mass is 257 g/mol. The molecule has 1 aromatic rings. The third-order valence-electron chi connectivity index (χ3n) is 1.70. The van der Waals surface area contributed by atoms with Gasteiger partial charge in [0.15, 0.2) is 0 Å². The molecule has 0 amide bonds. The Labute approximate surface area is 90.3 Å². The summed E-state index contributed by atoms with van der Waals surface area (Å²) in [6, 6.07) is 1.17. The number of alkyl halides is 3. The molecule has 0 unspecified atom stereocenters. The Morgan fingerprint density at radius 1 is 1.50 bits per heavy atom. The van der Waals surface area contributed by atoms with Gasteiger partial charge < -0.3 is 0 Å². The second-order valence-corrected chi connectivity index (χ2v) is 4.66. The van der Waals surface area contributed by atoms with Crippen LogP contribution in [0.3, 0.4) is 0 Å². The summed E-state index contributed by atoms with van der Waals surface area (Å²) in [5.41, 5.74) is -5.33. The maximum absolute atomic E-state index is 12.1. The summed E-state index contributed by atoms with van der Waals surface area (Å²) in [4.78, 5) is 0. The zero-order valence-electron chi connectivity index (χ0n) is 8.32. The van der Waals surface area contributed by atoms with Gasteiger partial charge in [0.1, 0.15) is 5.82 Å². The highest BCUT2D eigenvalue weighted by atomic mass is 32.2. The molecule has 0 aromatic carbocycles. The van der Waals surface area contributed by atoms with Crippen molar-refractivity contribution >= 4 is 15.8 Å².